The third kappa shape index (κ3) is 2.87. The van der Waals surface area contributed by atoms with E-state index in [1.165, 1.54) is 12.3 Å². The number of anilines is 1. The van der Waals surface area contributed by atoms with Crippen molar-refractivity contribution in [1.82, 2.24) is 10.2 Å². The van der Waals surface area contributed by atoms with Gasteiger partial charge in [-0.2, -0.15) is 5.10 Å². The van der Waals surface area contributed by atoms with Gasteiger partial charge in [0.2, 0.25) is 0 Å². The molecule has 1 aromatic carbocycles. The van der Waals surface area contributed by atoms with Crippen LogP contribution in [-0.2, 0) is 10.0 Å². The predicted molar refractivity (Wildman–Crippen MR) is 76.7 cm³/mol. The maximum Gasteiger partial charge on any atom is 0.273 e. The SMILES string of the molecule is Cc1cn[nH]c1NS(=O)(=O)c1cc(C)c(C)c([N+](=O)[O-])c1. The second-order valence-corrected chi connectivity index (χ2v) is 6.36. The Balaban J connectivity index is 2.50. The summed E-state index contributed by atoms with van der Waals surface area (Å²) >= 11 is 0. The molecule has 2 aromatic rings. The number of sulfonamides is 1. The van der Waals surface area contributed by atoms with E-state index in [0.717, 1.165) is 6.07 Å². The van der Waals surface area contributed by atoms with Crippen molar-refractivity contribution in [2.45, 2.75) is 25.7 Å². The summed E-state index contributed by atoms with van der Waals surface area (Å²) in [5.41, 5.74) is 1.37. The molecule has 0 unspecified atom stereocenters. The standard InChI is InChI=1S/C12H14N4O4S/c1-7-4-10(5-11(9(7)3)16(17)18)21(19,20)15-12-8(2)6-13-14-12/h4-6H,1-3H3,(H2,13,14,15). The Morgan fingerprint density at radius 3 is 2.43 bits per heavy atom. The number of H-pyrrole nitrogens is 1. The summed E-state index contributed by atoms with van der Waals surface area (Å²) in [7, 11) is -3.93. The number of nitro groups is 1. The third-order valence-corrected chi connectivity index (χ3v) is 4.51. The van der Waals surface area contributed by atoms with Crippen molar-refractivity contribution in [2.75, 3.05) is 4.72 Å². The smallest absolute Gasteiger partial charge is 0.264 e. The first-order valence-electron chi connectivity index (χ1n) is 6.01. The largest absolute Gasteiger partial charge is 0.273 e. The minimum atomic E-state index is -3.93. The van der Waals surface area contributed by atoms with Crippen LogP contribution < -0.4 is 4.72 Å². The highest BCUT2D eigenvalue weighted by atomic mass is 32.2. The molecule has 0 aliphatic rings. The van der Waals surface area contributed by atoms with Gasteiger partial charge in [0.15, 0.2) is 0 Å². The highest BCUT2D eigenvalue weighted by Crippen LogP contribution is 2.27. The number of aromatic nitrogens is 2. The van der Waals surface area contributed by atoms with Crippen molar-refractivity contribution in [3.05, 3.63) is 45.1 Å². The summed E-state index contributed by atoms with van der Waals surface area (Å²) in [4.78, 5) is 10.2. The summed E-state index contributed by atoms with van der Waals surface area (Å²) in [6, 6.07) is 2.45. The zero-order valence-corrected chi connectivity index (χ0v) is 12.5. The van der Waals surface area contributed by atoms with E-state index in [4.69, 9.17) is 0 Å². The number of nitrogens with one attached hydrogen (secondary N) is 2. The van der Waals surface area contributed by atoms with E-state index in [2.05, 4.69) is 14.9 Å². The first kappa shape index (κ1) is 15.0. The lowest BCUT2D eigenvalue weighted by Gasteiger charge is -2.09. The first-order valence-corrected chi connectivity index (χ1v) is 7.49. The van der Waals surface area contributed by atoms with Gasteiger partial charge in [-0.05, 0) is 32.4 Å². The Bertz CT molecular complexity index is 811. The van der Waals surface area contributed by atoms with Crippen LogP contribution in [0.1, 0.15) is 16.7 Å². The van der Waals surface area contributed by atoms with Gasteiger partial charge >= 0.3 is 0 Å². The molecule has 0 saturated heterocycles. The quantitative estimate of drug-likeness (QED) is 0.661. The van der Waals surface area contributed by atoms with Gasteiger partial charge in [0, 0.05) is 17.2 Å². The number of aryl methyl sites for hydroxylation is 2. The van der Waals surface area contributed by atoms with Crippen LogP contribution in [0.3, 0.4) is 0 Å². The van der Waals surface area contributed by atoms with Gasteiger partial charge in [-0.1, -0.05) is 0 Å². The van der Waals surface area contributed by atoms with Gasteiger partial charge in [-0.3, -0.25) is 19.9 Å². The first-order chi connectivity index (χ1) is 9.72. The van der Waals surface area contributed by atoms with Crippen molar-refractivity contribution in [1.29, 1.82) is 0 Å². The van der Waals surface area contributed by atoms with Crippen LogP contribution in [0.2, 0.25) is 0 Å². The fourth-order valence-corrected chi connectivity index (χ4v) is 2.99. The molecule has 1 aromatic heterocycles. The van der Waals surface area contributed by atoms with Crippen LogP contribution in [0.4, 0.5) is 11.5 Å². The number of hydrogen-bond donors (Lipinski definition) is 2. The van der Waals surface area contributed by atoms with Crippen molar-refractivity contribution in [3.63, 3.8) is 0 Å². The van der Waals surface area contributed by atoms with Gasteiger partial charge in [0.25, 0.3) is 15.7 Å². The topological polar surface area (TPSA) is 118 Å². The average Bonchev–Trinajstić information content (AvgIpc) is 2.77. The molecule has 0 saturated carbocycles. The molecule has 0 radical (unpaired) electrons. The molecule has 0 atom stereocenters. The number of rotatable bonds is 4. The summed E-state index contributed by atoms with van der Waals surface area (Å²) in [5.74, 6) is 0.232. The summed E-state index contributed by atoms with van der Waals surface area (Å²) < 4.78 is 26.9. The molecule has 21 heavy (non-hydrogen) atoms. The minimum absolute atomic E-state index is 0.161. The molecule has 2 rings (SSSR count). The molecule has 0 fully saturated rings. The fraction of sp³-hybridized carbons (Fsp3) is 0.250. The van der Waals surface area contributed by atoms with Gasteiger partial charge in [-0.15, -0.1) is 0 Å². The van der Waals surface area contributed by atoms with Crippen molar-refractivity contribution >= 4 is 21.5 Å². The van der Waals surface area contributed by atoms with Crippen molar-refractivity contribution in [3.8, 4) is 0 Å². The molecule has 0 bridgehead atoms. The zero-order valence-electron chi connectivity index (χ0n) is 11.7. The lowest BCUT2D eigenvalue weighted by atomic mass is 10.1. The summed E-state index contributed by atoms with van der Waals surface area (Å²) in [6.45, 7) is 4.89. The van der Waals surface area contributed by atoms with Gasteiger partial charge in [0.05, 0.1) is 16.0 Å². The van der Waals surface area contributed by atoms with Crippen molar-refractivity contribution < 1.29 is 13.3 Å². The van der Waals surface area contributed by atoms with Crippen LogP contribution in [-0.4, -0.2) is 23.5 Å². The molecular formula is C12H14N4O4S. The second kappa shape index (κ2) is 5.17. The summed E-state index contributed by atoms with van der Waals surface area (Å²) in [5, 5.41) is 17.2. The molecule has 8 nitrogen and oxygen atoms in total. The molecular weight excluding hydrogens is 296 g/mol. The van der Waals surface area contributed by atoms with E-state index < -0.39 is 14.9 Å². The molecule has 0 aliphatic carbocycles. The predicted octanol–water partition coefficient (Wildman–Crippen LogP) is 2.04. The lowest BCUT2D eigenvalue weighted by molar-refractivity contribution is -0.385. The molecule has 0 aliphatic heterocycles. The van der Waals surface area contributed by atoms with E-state index in [-0.39, 0.29) is 16.4 Å². The molecule has 9 heteroatoms. The maximum atomic E-state index is 12.3. The van der Waals surface area contributed by atoms with Crippen LogP contribution in [0.25, 0.3) is 0 Å². The Kier molecular flexibility index (Phi) is 3.69. The Hall–Kier alpha value is -2.42. The van der Waals surface area contributed by atoms with E-state index in [0.29, 0.717) is 16.7 Å². The highest BCUT2D eigenvalue weighted by Gasteiger charge is 2.22. The summed E-state index contributed by atoms with van der Waals surface area (Å²) in [6.07, 6.45) is 1.47. The van der Waals surface area contributed by atoms with E-state index >= 15 is 0 Å². The van der Waals surface area contributed by atoms with Crippen molar-refractivity contribution in [2.24, 2.45) is 0 Å². The Morgan fingerprint density at radius 1 is 1.24 bits per heavy atom. The van der Waals surface area contributed by atoms with Gasteiger partial charge in [-0.25, -0.2) is 8.42 Å². The van der Waals surface area contributed by atoms with Crippen LogP contribution in [0.15, 0.2) is 23.2 Å². The number of nitro benzene ring substituents is 1. The zero-order chi connectivity index (χ0) is 15.8. The normalized spacial score (nSPS) is 11.4. The molecule has 2 N–H and O–H groups in total. The molecule has 0 amide bonds. The van der Waals surface area contributed by atoms with Crippen LogP contribution in [0, 0.1) is 30.9 Å². The number of benzene rings is 1. The molecule has 1 heterocycles. The van der Waals surface area contributed by atoms with Crippen LogP contribution >= 0.6 is 0 Å². The Morgan fingerprint density at radius 2 is 1.90 bits per heavy atom. The third-order valence-electron chi connectivity index (χ3n) is 3.19. The average molecular weight is 310 g/mol. The van der Waals surface area contributed by atoms with E-state index in [1.807, 2.05) is 0 Å². The van der Waals surface area contributed by atoms with Gasteiger partial charge in [0.1, 0.15) is 5.82 Å². The number of hydrogen-bond acceptors (Lipinski definition) is 5. The molecule has 112 valence electrons. The highest BCUT2D eigenvalue weighted by molar-refractivity contribution is 7.92. The van der Waals surface area contributed by atoms with E-state index in [9.17, 15) is 18.5 Å². The monoisotopic (exact) mass is 310 g/mol. The van der Waals surface area contributed by atoms with Crippen LogP contribution in [0.5, 0.6) is 0 Å². The number of nitrogens with zero attached hydrogens (tertiary/aromatic N) is 2. The molecule has 0 spiro atoms. The minimum Gasteiger partial charge on any atom is -0.264 e. The maximum absolute atomic E-state index is 12.3. The number of aromatic amines is 1. The van der Waals surface area contributed by atoms with Gasteiger partial charge < -0.3 is 0 Å². The fourth-order valence-electron chi connectivity index (χ4n) is 1.80. The van der Waals surface area contributed by atoms with E-state index in [1.54, 1.807) is 20.8 Å². The second-order valence-electron chi connectivity index (χ2n) is 4.67. The lowest BCUT2D eigenvalue weighted by Crippen LogP contribution is -2.14. The Labute approximate surface area is 121 Å².